The third-order valence-corrected chi connectivity index (χ3v) is 4.04. The zero-order valence-electron chi connectivity index (χ0n) is 11.8. The highest BCUT2D eigenvalue weighted by Crippen LogP contribution is 2.25. The van der Waals surface area contributed by atoms with E-state index < -0.39 is 0 Å². The van der Waals surface area contributed by atoms with E-state index in [0.29, 0.717) is 6.04 Å². The van der Waals surface area contributed by atoms with Crippen molar-refractivity contribution in [2.24, 2.45) is 0 Å². The maximum Gasteiger partial charge on any atom is 0.0520 e. The maximum absolute atomic E-state index is 3.58. The monoisotopic (exact) mass is 266 g/mol. The zero-order chi connectivity index (χ0) is 13.6. The molecule has 104 valence electrons. The third-order valence-electron chi connectivity index (χ3n) is 4.04. The Labute approximate surface area is 121 Å². The molecule has 0 aromatic heterocycles. The second kappa shape index (κ2) is 6.58. The van der Waals surface area contributed by atoms with E-state index in [4.69, 9.17) is 0 Å². The van der Waals surface area contributed by atoms with Crippen LogP contribution in [0.1, 0.15) is 24.4 Å². The molecule has 3 rings (SSSR count). The normalized spacial score (nSPS) is 17.0. The molecule has 1 heterocycles. The van der Waals surface area contributed by atoms with Crippen LogP contribution in [0.5, 0.6) is 0 Å². The smallest absolute Gasteiger partial charge is 0.0520 e. The lowest BCUT2D eigenvalue weighted by Gasteiger charge is -2.28. The summed E-state index contributed by atoms with van der Waals surface area (Å²) in [5, 5.41) is 3.58. The lowest BCUT2D eigenvalue weighted by Crippen LogP contribution is -2.31. The molecule has 1 fully saturated rings. The number of rotatable bonds is 5. The van der Waals surface area contributed by atoms with Crippen molar-refractivity contribution in [3.05, 3.63) is 66.2 Å². The Morgan fingerprint density at radius 2 is 1.45 bits per heavy atom. The van der Waals surface area contributed by atoms with Gasteiger partial charge in [0.25, 0.3) is 0 Å². The van der Waals surface area contributed by atoms with Gasteiger partial charge in [0.05, 0.1) is 6.04 Å². The van der Waals surface area contributed by atoms with Crippen molar-refractivity contribution in [3.8, 4) is 0 Å². The predicted molar refractivity (Wildman–Crippen MR) is 84.9 cm³/mol. The van der Waals surface area contributed by atoms with E-state index in [9.17, 15) is 0 Å². The fourth-order valence-corrected chi connectivity index (χ4v) is 2.96. The Hall–Kier alpha value is -1.80. The minimum absolute atomic E-state index is 0.471. The number of hydrogen-bond acceptors (Lipinski definition) is 2. The molecule has 1 N–H and O–H groups in total. The van der Waals surface area contributed by atoms with E-state index in [-0.39, 0.29) is 0 Å². The molecule has 0 saturated carbocycles. The predicted octanol–water partition coefficient (Wildman–Crippen LogP) is 3.94. The van der Waals surface area contributed by atoms with Gasteiger partial charge >= 0.3 is 0 Å². The van der Waals surface area contributed by atoms with Crippen LogP contribution in [0.3, 0.4) is 0 Å². The number of hydrogen-bond donors (Lipinski definition) is 1. The van der Waals surface area contributed by atoms with Crippen molar-refractivity contribution in [1.82, 2.24) is 4.90 Å². The molecule has 0 spiro atoms. The Bertz CT molecular complexity index is 503. The summed E-state index contributed by atoms with van der Waals surface area (Å²) in [6.07, 6.45) is 2.66. The molecular weight excluding hydrogens is 244 g/mol. The molecule has 1 atom stereocenters. The van der Waals surface area contributed by atoms with Gasteiger partial charge in [0.15, 0.2) is 0 Å². The van der Waals surface area contributed by atoms with Crippen LogP contribution in [0, 0.1) is 0 Å². The van der Waals surface area contributed by atoms with E-state index in [1.54, 1.807) is 0 Å². The van der Waals surface area contributed by atoms with Crippen LogP contribution in [0.2, 0.25) is 0 Å². The van der Waals surface area contributed by atoms with Crippen molar-refractivity contribution in [2.45, 2.75) is 18.9 Å². The summed E-state index contributed by atoms with van der Waals surface area (Å²) in [6, 6.07) is 21.8. The molecule has 0 radical (unpaired) electrons. The summed E-state index contributed by atoms with van der Waals surface area (Å²) in [4.78, 5) is 2.60. The Balaban J connectivity index is 1.72. The molecule has 2 heteroatoms. The summed E-state index contributed by atoms with van der Waals surface area (Å²) < 4.78 is 0. The van der Waals surface area contributed by atoms with Crippen LogP contribution in [-0.2, 0) is 0 Å². The van der Waals surface area contributed by atoms with Crippen LogP contribution in [-0.4, -0.2) is 24.5 Å². The van der Waals surface area contributed by atoms with Crippen LogP contribution < -0.4 is 5.32 Å². The molecule has 2 aromatic rings. The van der Waals surface area contributed by atoms with Gasteiger partial charge in [-0.2, -0.15) is 0 Å². The number of nitrogens with zero attached hydrogens (tertiary/aromatic N) is 1. The highest BCUT2D eigenvalue weighted by molar-refractivity contribution is 5.43. The fraction of sp³-hybridized carbons (Fsp3) is 0.333. The molecule has 1 aliphatic heterocycles. The lowest BCUT2D eigenvalue weighted by molar-refractivity contribution is 0.256. The summed E-state index contributed by atoms with van der Waals surface area (Å²) in [6.45, 7) is 3.40. The minimum atomic E-state index is 0.471. The summed E-state index contributed by atoms with van der Waals surface area (Å²) in [5.74, 6) is 0. The van der Waals surface area contributed by atoms with Gasteiger partial charge in [-0.25, -0.2) is 0 Å². The van der Waals surface area contributed by atoms with Gasteiger partial charge in [0, 0.05) is 12.2 Å². The van der Waals surface area contributed by atoms with Gasteiger partial charge in [-0.1, -0.05) is 48.5 Å². The minimum Gasteiger partial charge on any atom is -0.383 e. The van der Waals surface area contributed by atoms with E-state index in [1.807, 2.05) is 0 Å². The largest absolute Gasteiger partial charge is 0.383 e. The molecule has 1 unspecified atom stereocenters. The maximum atomic E-state index is 3.58. The molecule has 2 nitrogen and oxygen atoms in total. The van der Waals surface area contributed by atoms with Gasteiger partial charge in [-0.15, -0.1) is 0 Å². The van der Waals surface area contributed by atoms with Crippen LogP contribution in [0.25, 0.3) is 0 Å². The molecule has 0 amide bonds. The third kappa shape index (κ3) is 3.20. The van der Waals surface area contributed by atoms with E-state index >= 15 is 0 Å². The van der Waals surface area contributed by atoms with Crippen molar-refractivity contribution < 1.29 is 0 Å². The number of para-hydroxylation sites is 1. The van der Waals surface area contributed by atoms with Gasteiger partial charge in [-0.05, 0) is 43.6 Å². The molecular formula is C18H22N2. The molecule has 20 heavy (non-hydrogen) atoms. The average Bonchev–Trinajstić information content (AvgIpc) is 3.04. The van der Waals surface area contributed by atoms with E-state index in [1.165, 1.54) is 37.2 Å². The highest BCUT2D eigenvalue weighted by atomic mass is 15.2. The van der Waals surface area contributed by atoms with Crippen molar-refractivity contribution in [1.29, 1.82) is 0 Å². The first kappa shape index (κ1) is 13.2. The number of anilines is 1. The van der Waals surface area contributed by atoms with E-state index in [2.05, 4.69) is 70.9 Å². The summed E-state index contributed by atoms with van der Waals surface area (Å²) in [5.41, 5.74) is 2.62. The van der Waals surface area contributed by atoms with Gasteiger partial charge in [0.1, 0.15) is 0 Å². The zero-order valence-corrected chi connectivity index (χ0v) is 11.8. The topological polar surface area (TPSA) is 15.3 Å². The number of likely N-dealkylation sites (tertiary alicyclic amines) is 1. The first-order valence-corrected chi connectivity index (χ1v) is 7.51. The summed E-state index contributed by atoms with van der Waals surface area (Å²) in [7, 11) is 0. The lowest BCUT2D eigenvalue weighted by atomic mass is 10.1. The van der Waals surface area contributed by atoms with Crippen molar-refractivity contribution in [2.75, 3.05) is 25.0 Å². The number of nitrogens with one attached hydrogen (secondary N) is 1. The standard InChI is InChI=1S/C18H22N2/c1-3-9-16(10-4-1)18(20-13-7-8-14-20)15-19-17-11-5-2-6-12-17/h1-6,9-12,18-19H,7-8,13-15H2. The fourth-order valence-electron chi connectivity index (χ4n) is 2.96. The second-order valence-electron chi connectivity index (χ2n) is 5.42. The van der Waals surface area contributed by atoms with Gasteiger partial charge in [0.2, 0.25) is 0 Å². The van der Waals surface area contributed by atoms with Crippen LogP contribution >= 0.6 is 0 Å². The number of benzene rings is 2. The van der Waals surface area contributed by atoms with Crippen LogP contribution in [0.4, 0.5) is 5.69 Å². The first-order valence-electron chi connectivity index (χ1n) is 7.51. The first-order chi connectivity index (χ1) is 9.93. The highest BCUT2D eigenvalue weighted by Gasteiger charge is 2.22. The molecule has 1 aliphatic rings. The average molecular weight is 266 g/mol. The quantitative estimate of drug-likeness (QED) is 0.882. The Morgan fingerprint density at radius 1 is 0.850 bits per heavy atom. The van der Waals surface area contributed by atoms with Crippen molar-refractivity contribution >= 4 is 5.69 Å². The van der Waals surface area contributed by atoms with Gasteiger partial charge in [-0.3, -0.25) is 4.90 Å². The summed E-state index contributed by atoms with van der Waals surface area (Å²) >= 11 is 0. The van der Waals surface area contributed by atoms with Gasteiger partial charge < -0.3 is 5.32 Å². The Morgan fingerprint density at radius 3 is 2.10 bits per heavy atom. The SMILES string of the molecule is c1ccc(NCC(c2ccccc2)N2CCCC2)cc1. The molecule has 0 aliphatic carbocycles. The van der Waals surface area contributed by atoms with Crippen molar-refractivity contribution in [3.63, 3.8) is 0 Å². The molecule has 0 bridgehead atoms. The van der Waals surface area contributed by atoms with Crippen LogP contribution in [0.15, 0.2) is 60.7 Å². The second-order valence-corrected chi connectivity index (χ2v) is 5.42. The Kier molecular flexibility index (Phi) is 4.34. The molecule has 1 saturated heterocycles. The molecule has 2 aromatic carbocycles. The van der Waals surface area contributed by atoms with E-state index in [0.717, 1.165) is 6.54 Å².